The molecule has 1 aliphatic rings. The Balaban J connectivity index is 1.82. The van der Waals surface area contributed by atoms with E-state index in [1.54, 1.807) is 37.2 Å². The predicted molar refractivity (Wildman–Crippen MR) is 90.3 cm³/mol. The molecular formula is C18H22N4O3. The molecule has 3 rings (SSSR count). The molecule has 1 aliphatic heterocycles. The van der Waals surface area contributed by atoms with Crippen molar-refractivity contribution in [3.8, 4) is 11.5 Å². The summed E-state index contributed by atoms with van der Waals surface area (Å²) in [6, 6.07) is 3.27. The van der Waals surface area contributed by atoms with Gasteiger partial charge in [0, 0.05) is 24.4 Å². The van der Waals surface area contributed by atoms with Gasteiger partial charge >= 0.3 is 0 Å². The van der Waals surface area contributed by atoms with Crippen molar-refractivity contribution in [3.05, 3.63) is 30.4 Å². The maximum Gasteiger partial charge on any atom is 0.291 e. The number of aromatic nitrogens is 3. The largest absolute Gasteiger partial charge is 0.418 e. The van der Waals surface area contributed by atoms with E-state index in [1.165, 1.54) is 0 Å². The van der Waals surface area contributed by atoms with Crippen molar-refractivity contribution >= 4 is 11.7 Å². The molecule has 25 heavy (non-hydrogen) atoms. The molecular weight excluding hydrogens is 320 g/mol. The number of nitrogens with zero attached hydrogens (tertiary/aromatic N) is 4. The smallest absolute Gasteiger partial charge is 0.291 e. The number of hydrogen-bond donors (Lipinski definition) is 0. The Hall–Kier alpha value is -2.57. The van der Waals surface area contributed by atoms with Gasteiger partial charge in [0.1, 0.15) is 6.04 Å². The van der Waals surface area contributed by atoms with Gasteiger partial charge in [-0.05, 0) is 31.4 Å². The summed E-state index contributed by atoms with van der Waals surface area (Å²) in [5.74, 6) is -0.0983. The third-order valence-electron chi connectivity index (χ3n) is 4.84. The lowest BCUT2D eigenvalue weighted by Gasteiger charge is -2.26. The monoisotopic (exact) mass is 342 g/mol. The Kier molecular flexibility index (Phi) is 4.65. The van der Waals surface area contributed by atoms with Crippen LogP contribution in [-0.4, -0.2) is 38.3 Å². The number of likely N-dealkylation sites (tertiary alicyclic amines) is 1. The first kappa shape index (κ1) is 17.3. The van der Waals surface area contributed by atoms with Gasteiger partial charge in [-0.3, -0.25) is 14.6 Å². The van der Waals surface area contributed by atoms with Gasteiger partial charge in [0.15, 0.2) is 0 Å². The van der Waals surface area contributed by atoms with E-state index in [4.69, 9.17) is 4.42 Å². The van der Waals surface area contributed by atoms with Crippen molar-refractivity contribution in [2.24, 2.45) is 5.41 Å². The van der Waals surface area contributed by atoms with Gasteiger partial charge in [-0.1, -0.05) is 20.8 Å². The number of carbonyl (C=O) groups excluding carboxylic acids is 2. The van der Waals surface area contributed by atoms with Crippen LogP contribution in [0.3, 0.4) is 0 Å². The lowest BCUT2D eigenvalue weighted by Crippen LogP contribution is -2.42. The molecule has 1 saturated heterocycles. The van der Waals surface area contributed by atoms with Crippen LogP contribution in [0, 0.1) is 5.41 Å². The molecule has 0 bridgehead atoms. The Morgan fingerprint density at radius 2 is 2.16 bits per heavy atom. The predicted octanol–water partition coefficient (Wildman–Crippen LogP) is 2.80. The molecule has 1 amide bonds. The van der Waals surface area contributed by atoms with E-state index in [0.717, 1.165) is 12.0 Å². The number of Topliss-reactive ketones (excluding diaryl/α,β-unsaturated/α-hetero) is 1. The SMILES string of the molecule is CCC(C)(C)C(=O)C(=O)N1CCC[C@H]1c1nnc(-c2cccnc2)o1. The molecule has 0 saturated carbocycles. The zero-order valence-corrected chi connectivity index (χ0v) is 14.7. The Labute approximate surface area is 146 Å². The van der Waals surface area contributed by atoms with Crippen molar-refractivity contribution in [2.45, 2.75) is 46.1 Å². The lowest BCUT2D eigenvalue weighted by molar-refractivity contribution is -0.150. The maximum absolute atomic E-state index is 12.7. The fourth-order valence-corrected chi connectivity index (χ4v) is 2.82. The zero-order chi connectivity index (χ0) is 18.0. The zero-order valence-electron chi connectivity index (χ0n) is 14.7. The van der Waals surface area contributed by atoms with Gasteiger partial charge in [-0.15, -0.1) is 10.2 Å². The Morgan fingerprint density at radius 1 is 1.36 bits per heavy atom. The van der Waals surface area contributed by atoms with Crippen molar-refractivity contribution in [1.29, 1.82) is 0 Å². The second kappa shape index (κ2) is 6.74. The van der Waals surface area contributed by atoms with Crippen LogP contribution in [0.2, 0.25) is 0 Å². The number of amides is 1. The van der Waals surface area contributed by atoms with Crippen LogP contribution >= 0.6 is 0 Å². The molecule has 7 nitrogen and oxygen atoms in total. The Morgan fingerprint density at radius 3 is 2.84 bits per heavy atom. The van der Waals surface area contributed by atoms with Crippen LogP contribution in [0.5, 0.6) is 0 Å². The van der Waals surface area contributed by atoms with Crippen LogP contribution in [-0.2, 0) is 9.59 Å². The third-order valence-corrected chi connectivity index (χ3v) is 4.84. The minimum Gasteiger partial charge on any atom is -0.418 e. The standard InChI is InChI=1S/C18H22N4O3/c1-4-18(2,3)14(23)17(24)22-10-6-8-13(22)16-21-20-15(25-16)12-7-5-9-19-11-12/h5,7,9,11,13H,4,6,8,10H2,1-3H3/t13-/m0/s1. The third kappa shape index (κ3) is 3.31. The summed E-state index contributed by atoms with van der Waals surface area (Å²) in [5.41, 5.74) is 0.0558. The van der Waals surface area contributed by atoms with Gasteiger partial charge < -0.3 is 9.32 Å². The van der Waals surface area contributed by atoms with E-state index in [2.05, 4.69) is 15.2 Å². The molecule has 0 unspecified atom stereocenters. The van der Waals surface area contributed by atoms with E-state index in [9.17, 15) is 9.59 Å². The highest BCUT2D eigenvalue weighted by molar-refractivity contribution is 6.38. The van der Waals surface area contributed by atoms with E-state index >= 15 is 0 Å². The summed E-state index contributed by atoms with van der Waals surface area (Å²) < 4.78 is 5.76. The molecule has 1 fully saturated rings. The average molecular weight is 342 g/mol. The van der Waals surface area contributed by atoms with Crippen molar-refractivity contribution < 1.29 is 14.0 Å². The van der Waals surface area contributed by atoms with Crippen molar-refractivity contribution in [2.75, 3.05) is 6.54 Å². The molecule has 1 atom stereocenters. The van der Waals surface area contributed by atoms with Gasteiger partial charge in [-0.25, -0.2) is 0 Å². The number of hydrogen-bond acceptors (Lipinski definition) is 6. The summed E-state index contributed by atoms with van der Waals surface area (Å²) >= 11 is 0. The van der Waals surface area contributed by atoms with Crippen LogP contribution in [0.4, 0.5) is 0 Å². The molecule has 132 valence electrons. The first-order valence-corrected chi connectivity index (χ1v) is 8.53. The molecule has 0 aromatic carbocycles. The lowest BCUT2D eigenvalue weighted by atomic mass is 9.84. The molecule has 7 heteroatoms. The van der Waals surface area contributed by atoms with Crippen LogP contribution in [0.1, 0.15) is 52.0 Å². The minimum atomic E-state index is -0.667. The second-order valence-corrected chi connectivity index (χ2v) is 6.91. The van der Waals surface area contributed by atoms with Gasteiger partial charge in [-0.2, -0.15) is 0 Å². The summed E-state index contributed by atoms with van der Waals surface area (Å²) in [6.07, 6.45) is 5.43. The molecule has 2 aromatic rings. The van der Waals surface area contributed by atoms with Gasteiger partial charge in [0.25, 0.3) is 5.91 Å². The fraction of sp³-hybridized carbons (Fsp3) is 0.500. The van der Waals surface area contributed by atoms with Crippen LogP contribution < -0.4 is 0 Å². The van der Waals surface area contributed by atoms with E-state index < -0.39 is 11.3 Å². The average Bonchev–Trinajstić information content (AvgIpc) is 3.30. The molecule has 0 N–H and O–H groups in total. The van der Waals surface area contributed by atoms with Crippen molar-refractivity contribution in [3.63, 3.8) is 0 Å². The normalized spacial score (nSPS) is 17.7. The number of carbonyl (C=O) groups is 2. The van der Waals surface area contributed by atoms with E-state index in [1.807, 2.05) is 13.0 Å². The topological polar surface area (TPSA) is 89.2 Å². The van der Waals surface area contributed by atoms with E-state index in [0.29, 0.717) is 31.2 Å². The summed E-state index contributed by atoms with van der Waals surface area (Å²) in [6.45, 7) is 6.03. The molecule has 0 radical (unpaired) electrons. The van der Waals surface area contributed by atoms with Crippen LogP contribution in [0.15, 0.2) is 28.9 Å². The molecule has 0 aliphatic carbocycles. The van der Waals surface area contributed by atoms with Crippen LogP contribution in [0.25, 0.3) is 11.5 Å². The number of rotatable bonds is 5. The highest BCUT2D eigenvalue weighted by atomic mass is 16.4. The highest BCUT2D eigenvalue weighted by Crippen LogP contribution is 2.34. The molecule has 0 spiro atoms. The first-order valence-electron chi connectivity index (χ1n) is 8.53. The highest BCUT2D eigenvalue weighted by Gasteiger charge is 2.40. The molecule has 3 heterocycles. The number of pyridine rings is 1. The van der Waals surface area contributed by atoms with Gasteiger partial charge in [0.2, 0.25) is 17.6 Å². The minimum absolute atomic E-state index is 0.345. The maximum atomic E-state index is 12.7. The summed E-state index contributed by atoms with van der Waals surface area (Å²) in [4.78, 5) is 30.8. The van der Waals surface area contributed by atoms with Crippen molar-refractivity contribution in [1.82, 2.24) is 20.1 Å². The molecule has 2 aromatic heterocycles. The number of ketones is 1. The fourth-order valence-electron chi connectivity index (χ4n) is 2.82. The van der Waals surface area contributed by atoms with E-state index in [-0.39, 0.29) is 11.8 Å². The first-order chi connectivity index (χ1) is 11.9. The second-order valence-electron chi connectivity index (χ2n) is 6.91. The Bertz CT molecular complexity index is 770. The summed E-state index contributed by atoms with van der Waals surface area (Å²) in [5, 5.41) is 8.15. The quantitative estimate of drug-likeness (QED) is 0.776. The van der Waals surface area contributed by atoms with Gasteiger partial charge in [0.05, 0.1) is 5.56 Å². The summed E-state index contributed by atoms with van der Waals surface area (Å²) in [7, 11) is 0.